The molecule has 3 aromatic carbocycles. The number of nitrogens with one attached hydrogen (secondary N) is 2. The number of amides is 1. The number of hydrogen-bond acceptors (Lipinski definition) is 6. The Morgan fingerprint density at radius 1 is 0.972 bits per heavy atom. The summed E-state index contributed by atoms with van der Waals surface area (Å²) in [4.78, 5) is 22.4. The number of thiazole rings is 1. The van der Waals surface area contributed by atoms with E-state index in [1.54, 1.807) is 17.5 Å². The molecule has 1 atom stereocenters. The summed E-state index contributed by atoms with van der Waals surface area (Å²) in [5, 5.41) is 9.65. The van der Waals surface area contributed by atoms with E-state index >= 15 is 0 Å². The number of aromatic nitrogens is 1. The highest BCUT2D eigenvalue weighted by atomic mass is 32.1. The van der Waals surface area contributed by atoms with E-state index in [0.29, 0.717) is 13.1 Å². The van der Waals surface area contributed by atoms with Crippen molar-refractivity contribution < 1.29 is 4.79 Å². The highest BCUT2D eigenvalue weighted by molar-refractivity contribution is 7.13. The summed E-state index contributed by atoms with van der Waals surface area (Å²) in [6.07, 6.45) is 1.79. The van der Waals surface area contributed by atoms with Crippen LogP contribution in [0.25, 0.3) is 11.1 Å². The van der Waals surface area contributed by atoms with E-state index in [2.05, 4.69) is 75.1 Å². The summed E-state index contributed by atoms with van der Waals surface area (Å²) in [6, 6.07) is 25.2. The average molecular weight is 496 g/mol. The van der Waals surface area contributed by atoms with Crippen LogP contribution in [-0.4, -0.2) is 48.5 Å². The molecule has 1 aromatic heterocycles. The molecule has 4 aromatic rings. The highest BCUT2D eigenvalue weighted by Gasteiger charge is 2.33. The minimum atomic E-state index is -0.0863. The molecule has 0 radical (unpaired) electrons. The van der Waals surface area contributed by atoms with E-state index in [4.69, 9.17) is 0 Å². The third-order valence-electron chi connectivity index (χ3n) is 7.06. The lowest BCUT2D eigenvalue weighted by Crippen LogP contribution is -2.43. The molecule has 1 saturated heterocycles. The molecule has 1 amide bonds. The highest BCUT2D eigenvalue weighted by Crippen LogP contribution is 2.34. The van der Waals surface area contributed by atoms with E-state index in [9.17, 15) is 4.79 Å². The molecular weight excluding hydrogens is 466 g/mol. The SMILES string of the molecule is O=C1c2cc(-c3ccc(N4CCNCC4)cc3)ccc2CN1C(CNc1nccs1)c1ccccc1. The van der Waals surface area contributed by atoms with Gasteiger partial charge in [0.1, 0.15) is 0 Å². The lowest BCUT2D eigenvalue weighted by Gasteiger charge is -2.29. The van der Waals surface area contributed by atoms with Gasteiger partial charge in [0.2, 0.25) is 0 Å². The van der Waals surface area contributed by atoms with Gasteiger partial charge in [0.05, 0.1) is 6.04 Å². The van der Waals surface area contributed by atoms with Crippen molar-refractivity contribution in [2.45, 2.75) is 12.6 Å². The van der Waals surface area contributed by atoms with Gasteiger partial charge in [0.25, 0.3) is 5.91 Å². The molecule has 6 rings (SSSR count). The molecule has 1 unspecified atom stereocenters. The van der Waals surface area contributed by atoms with Crippen molar-refractivity contribution in [2.24, 2.45) is 0 Å². The first-order valence-corrected chi connectivity index (χ1v) is 13.3. The first kappa shape index (κ1) is 22.8. The topological polar surface area (TPSA) is 60.5 Å². The van der Waals surface area contributed by atoms with E-state index in [0.717, 1.165) is 59.1 Å². The molecule has 0 aliphatic carbocycles. The summed E-state index contributed by atoms with van der Waals surface area (Å²) < 4.78 is 0. The van der Waals surface area contributed by atoms with Crippen LogP contribution in [0.3, 0.4) is 0 Å². The Morgan fingerprint density at radius 2 is 1.75 bits per heavy atom. The number of anilines is 2. The number of carbonyl (C=O) groups excluding carboxylic acids is 1. The fourth-order valence-corrected chi connectivity index (χ4v) is 5.66. The Hall–Kier alpha value is -3.68. The molecule has 0 spiro atoms. The summed E-state index contributed by atoms with van der Waals surface area (Å²) >= 11 is 1.57. The number of benzene rings is 3. The molecule has 6 nitrogen and oxygen atoms in total. The average Bonchev–Trinajstić information content (AvgIpc) is 3.58. The maximum absolute atomic E-state index is 13.7. The Labute approximate surface area is 215 Å². The number of rotatable bonds is 7. The predicted octanol–water partition coefficient (Wildman–Crippen LogP) is 5.03. The van der Waals surface area contributed by atoms with Crippen molar-refractivity contribution in [3.63, 3.8) is 0 Å². The first-order valence-electron chi connectivity index (χ1n) is 12.4. The molecule has 2 aliphatic rings. The van der Waals surface area contributed by atoms with Crippen molar-refractivity contribution in [3.8, 4) is 11.1 Å². The summed E-state index contributed by atoms with van der Waals surface area (Å²) in [5.41, 5.74) is 6.46. The lowest BCUT2D eigenvalue weighted by atomic mass is 10.00. The zero-order valence-corrected chi connectivity index (χ0v) is 20.9. The molecular formula is C29H29N5OS. The predicted molar refractivity (Wildman–Crippen MR) is 147 cm³/mol. The van der Waals surface area contributed by atoms with E-state index < -0.39 is 0 Å². The Bertz CT molecular complexity index is 1320. The smallest absolute Gasteiger partial charge is 0.255 e. The van der Waals surface area contributed by atoms with Crippen molar-refractivity contribution in [1.82, 2.24) is 15.2 Å². The van der Waals surface area contributed by atoms with Crippen LogP contribution in [0.1, 0.15) is 27.5 Å². The second-order valence-corrected chi connectivity index (χ2v) is 10.1. The fourth-order valence-electron chi connectivity index (χ4n) is 5.12. The number of carbonyl (C=O) groups is 1. The Morgan fingerprint density at radius 3 is 2.50 bits per heavy atom. The molecule has 0 saturated carbocycles. The van der Waals surface area contributed by atoms with Crippen LogP contribution in [0.15, 0.2) is 84.4 Å². The third kappa shape index (κ3) is 4.59. The zero-order chi connectivity index (χ0) is 24.3. The van der Waals surface area contributed by atoms with Gasteiger partial charge in [-0.15, -0.1) is 11.3 Å². The van der Waals surface area contributed by atoms with Crippen LogP contribution in [0, 0.1) is 0 Å². The van der Waals surface area contributed by atoms with Crippen LogP contribution in [-0.2, 0) is 6.54 Å². The van der Waals surface area contributed by atoms with Crippen LogP contribution in [0.4, 0.5) is 10.8 Å². The molecule has 2 N–H and O–H groups in total. The van der Waals surface area contributed by atoms with Gasteiger partial charge in [-0.25, -0.2) is 4.98 Å². The molecule has 2 aliphatic heterocycles. The van der Waals surface area contributed by atoms with E-state index in [1.807, 2.05) is 28.5 Å². The monoisotopic (exact) mass is 495 g/mol. The quantitative estimate of drug-likeness (QED) is 0.377. The van der Waals surface area contributed by atoms with Gasteiger partial charge in [-0.1, -0.05) is 54.6 Å². The van der Waals surface area contributed by atoms with Gasteiger partial charge in [-0.2, -0.15) is 0 Å². The van der Waals surface area contributed by atoms with Gasteiger partial charge in [0, 0.05) is 62.1 Å². The zero-order valence-electron chi connectivity index (χ0n) is 20.1. The van der Waals surface area contributed by atoms with Crippen molar-refractivity contribution >= 4 is 28.1 Å². The molecule has 182 valence electrons. The largest absolute Gasteiger partial charge is 0.369 e. The number of nitrogens with zero attached hydrogens (tertiary/aromatic N) is 3. The number of hydrogen-bond donors (Lipinski definition) is 2. The van der Waals surface area contributed by atoms with Crippen molar-refractivity contribution in [3.05, 3.63) is 101 Å². The summed E-state index contributed by atoms with van der Waals surface area (Å²) in [5.74, 6) is 0.0825. The summed E-state index contributed by atoms with van der Waals surface area (Å²) in [6.45, 7) is 5.32. The minimum absolute atomic E-state index is 0.0825. The second kappa shape index (κ2) is 10.1. The van der Waals surface area contributed by atoms with Crippen LogP contribution < -0.4 is 15.5 Å². The second-order valence-electron chi connectivity index (χ2n) is 9.23. The maximum atomic E-state index is 13.7. The fraction of sp³-hybridized carbons (Fsp3) is 0.241. The van der Waals surface area contributed by atoms with Crippen LogP contribution in [0.5, 0.6) is 0 Å². The van der Waals surface area contributed by atoms with Gasteiger partial charge >= 0.3 is 0 Å². The normalized spacial score (nSPS) is 16.2. The standard InChI is InChI=1S/C29H29N5OS/c35-28-26-18-23(21-8-10-25(11-9-21)33-15-12-30-13-16-33)6-7-24(26)20-34(28)27(22-4-2-1-3-5-22)19-32-29-31-14-17-36-29/h1-11,14,17-18,27,30H,12-13,15-16,19-20H2,(H,31,32). The molecule has 7 heteroatoms. The van der Waals surface area contributed by atoms with Gasteiger partial charge < -0.3 is 20.4 Å². The van der Waals surface area contributed by atoms with Crippen molar-refractivity contribution in [2.75, 3.05) is 42.9 Å². The van der Waals surface area contributed by atoms with Crippen LogP contribution in [0.2, 0.25) is 0 Å². The first-order chi connectivity index (χ1) is 17.8. The Balaban J connectivity index is 1.23. The lowest BCUT2D eigenvalue weighted by molar-refractivity contribution is 0.0710. The van der Waals surface area contributed by atoms with E-state index in [1.165, 1.54) is 5.69 Å². The molecule has 0 bridgehead atoms. The minimum Gasteiger partial charge on any atom is -0.369 e. The molecule has 3 heterocycles. The van der Waals surface area contributed by atoms with Gasteiger partial charge in [0.15, 0.2) is 5.13 Å². The maximum Gasteiger partial charge on any atom is 0.255 e. The van der Waals surface area contributed by atoms with Gasteiger partial charge in [-0.05, 0) is 40.5 Å². The van der Waals surface area contributed by atoms with Gasteiger partial charge in [-0.3, -0.25) is 4.79 Å². The summed E-state index contributed by atoms with van der Waals surface area (Å²) in [7, 11) is 0. The number of fused-ring (bicyclic) bond motifs is 1. The third-order valence-corrected chi connectivity index (χ3v) is 7.79. The van der Waals surface area contributed by atoms with Crippen LogP contribution >= 0.6 is 11.3 Å². The Kier molecular flexibility index (Phi) is 6.40. The number of piperazine rings is 1. The molecule has 36 heavy (non-hydrogen) atoms. The molecule has 1 fully saturated rings. The van der Waals surface area contributed by atoms with Crippen molar-refractivity contribution in [1.29, 1.82) is 0 Å². The van der Waals surface area contributed by atoms with E-state index in [-0.39, 0.29) is 11.9 Å².